The molecular formula is C9H16N2O2. The molecular weight excluding hydrogens is 168 g/mol. The minimum atomic E-state index is -0.293. The molecule has 0 aromatic rings. The standard InChI is InChI=1S/C9H16N2O2/c1-6-3-4-8(9(10)13)5-11(6)7(2)12/h6,8H,3-5H2,1-2H3,(H2,10,13)/t6-,8+/m1/s1. The molecule has 1 saturated heterocycles. The lowest BCUT2D eigenvalue weighted by Gasteiger charge is -2.36. The van der Waals surface area contributed by atoms with Crippen LogP contribution in [0.1, 0.15) is 26.7 Å². The van der Waals surface area contributed by atoms with Crippen LogP contribution in [0.3, 0.4) is 0 Å². The maximum atomic E-state index is 11.2. The maximum Gasteiger partial charge on any atom is 0.222 e. The largest absolute Gasteiger partial charge is 0.369 e. The van der Waals surface area contributed by atoms with Crippen molar-refractivity contribution in [2.75, 3.05) is 6.54 Å². The molecule has 74 valence electrons. The van der Waals surface area contributed by atoms with Gasteiger partial charge >= 0.3 is 0 Å². The molecule has 13 heavy (non-hydrogen) atoms. The molecule has 0 unspecified atom stereocenters. The summed E-state index contributed by atoms with van der Waals surface area (Å²) in [5.41, 5.74) is 5.20. The van der Waals surface area contributed by atoms with Gasteiger partial charge in [-0.1, -0.05) is 0 Å². The fraction of sp³-hybridized carbons (Fsp3) is 0.778. The first-order valence-corrected chi connectivity index (χ1v) is 4.59. The quantitative estimate of drug-likeness (QED) is 0.629. The summed E-state index contributed by atoms with van der Waals surface area (Å²) in [5.74, 6) is -0.420. The zero-order valence-corrected chi connectivity index (χ0v) is 8.12. The number of carbonyl (C=O) groups excluding carboxylic acids is 2. The predicted molar refractivity (Wildman–Crippen MR) is 48.8 cm³/mol. The van der Waals surface area contributed by atoms with Gasteiger partial charge in [-0.3, -0.25) is 9.59 Å². The summed E-state index contributed by atoms with van der Waals surface area (Å²) in [6, 6.07) is 0.244. The van der Waals surface area contributed by atoms with Crippen molar-refractivity contribution < 1.29 is 9.59 Å². The first-order chi connectivity index (χ1) is 6.02. The molecule has 2 amide bonds. The van der Waals surface area contributed by atoms with Crippen molar-refractivity contribution in [3.05, 3.63) is 0 Å². The average Bonchev–Trinajstić information content (AvgIpc) is 2.04. The van der Waals surface area contributed by atoms with E-state index in [9.17, 15) is 9.59 Å². The van der Waals surface area contributed by atoms with Gasteiger partial charge < -0.3 is 10.6 Å². The number of rotatable bonds is 1. The molecule has 0 spiro atoms. The molecule has 0 aromatic heterocycles. The van der Waals surface area contributed by atoms with Crippen LogP contribution in [-0.2, 0) is 9.59 Å². The molecule has 4 heteroatoms. The lowest BCUT2D eigenvalue weighted by atomic mass is 9.93. The van der Waals surface area contributed by atoms with E-state index in [2.05, 4.69) is 0 Å². The predicted octanol–water partition coefficient (Wildman–Crippen LogP) is 0.119. The van der Waals surface area contributed by atoms with Gasteiger partial charge in [0.2, 0.25) is 11.8 Å². The first-order valence-electron chi connectivity index (χ1n) is 4.59. The molecule has 0 bridgehead atoms. The number of nitrogens with two attached hydrogens (primary N) is 1. The van der Waals surface area contributed by atoms with Gasteiger partial charge in [-0.2, -0.15) is 0 Å². The molecule has 0 aliphatic carbocycles. The van der Waals surface area contributed by atoms with Crippen LogP contribution in [0.2, 0.25) is 0 Å². The van der Waals surface area contributed by atoms with Gasteiger partial charge in [-0.05, 0) is 19.8 Å². The monoisotopic (exact) mass is 184 g/mol. The number of likely N-dealkylation sites (tertiary alicyclic amines) is 1. The molecule has 0 saturated carbocycles. The number of hydrogen-bond donors (Lipinski definition) is 1. The van der Waals surface area contributed by atoms with Crippen molar-refractivity contribution in [2.45, 2.75) is 32.7 Å². The summed E-state index contributed by atoms with van der Waals surface area (Å²) >= 11 is 0. The van der Waals surface area contributed by atoms with E-state index in [0.29, 0.717) is 6.54 Å². The van der Waals surface area contributed by atoms with E-state index in [1.807, 2.05) is 6.92 Å². The third-order valence-corrected chi connectivity index (χ3v) is 2.69. The van der Waals surface area contributed by atoms with Crippen LogP contribution in [0, 0.1) is 5.92 Å². The smallest absolute Gasteiger partial charge is 0.222 e. The van der Waals surface area contributed by atoms with Crippen molar-refractivity contribution in [3.63, 3.8) is 0 Å². The molecule has 2 N–H and O–H groups in total. The number of carbonyl (C=O) groups is 2. The third kappa shape index (κ3) is 2.20. The van der Waals surface area contributed by atoms with Crippen LogP contribution >= 0.6 is 0 Å². The van der Waals surface area contributed by atoms with E-state index in [-0.39, 0.29) is 23.8 Å². The van der Waals surface area contributed by atoms with E-state index in [1.165, 1.54) is 6.92 Å². The van der Waals surface area contributed by atoms with Crippen molar-refractivity contribution in [3.8, 4) is 0 Å². The van der Waals surface area contributed by atoms with Gasteiger partial charge in [0.15, 0.2) is 0 Å². The Labute approximate surface area is 78.1 Å². The summed E-state index contributed by atoms with van der Waals surface area (Å²) < 4.78 is 0. The van der Waals surface area contributed by atoms with E-state index in [0.717, 1.165) is 12.8 Å². The maximum absolute atomic E-state index is 11.2. The Balaban J connectivity index is 2.63. The Kier molecular flexibility index (Phi) is 2.90. The number of primary amides is 1. The highest BCUT2D eigenvalue weighted by Crippen LogP contribution is 2.21. The molecule has 1 rings (SSSR count). The second-order valence-electron chi connectivity index (χ2n) is 3.70. The number of nitrogens with zero attached hydrogens (tertiary/aromatic N) is 1. The highest BCUT2D eigenvalue weighted by Gasteiger charge is 2.29. The molecule has 1 aliphatic heterocycles. The van der Waals surface area contributed by atoms with Crippen LogP contribution in [0.5, 0.6) is 0 Å². The van der Waals surface area contributed by atoms with E-state index >= 15 is 0 Å². The third-order valence-electron chi connectivity index (χ3n) is 2.69. The summed E-state index contributed by atoms with van der Waals surface area (Å²) in [7, 11) is 0. The second-order valence-corrected chi connectivity index (χ2v) is 3.70. The molecule has 2 atom stereocenters. The van der Waals surface area contributed by atoms with E-state index in [4.69, 9.17) is 5.73 Å². The lowest BCUT2D eigenvalue weighted by Crippen LogP contribution is -2.47. The van der Waals surface area contributed by atoms with Crippen LogP contribution in [0.4, 0.5) is 0 Å². The van der Waals surface area contributed by atoms with E-state index < -0.39 is 0 Å². The highest BCUT2D eigenvalue weighted by molar-refractivity contribution is 5.79. The number of amides is 2. The minimum absolute atomic E-state index is 0.0263. The minimum Gasteiger partial charge on any atom is -0.369 e. The summed E-state index contributed by atoms with van der Waals surface area (Å²) in [6.45, 7) is 4.02. The number of piperidine rings is 1. The molecule has 0 aromatic carbocycles. The summed E-state index contributed by atoms with van der Waals surface area (Å²) in [6.07, 6.45) is 1.67. The SMILES string of the molecule is CC(=O)N1C[C@@H](C(N)=O)CC[C@H]1C. The van der Waals surface area contributed by atoms with Gasteiger partial charge in [-0.25, -0.2) is 0 Å². The average molecular weight is 184 g/mol. The summed E-state index contributed by atoms with van der Waals surface area (Å²) in [5, 5.41) is 0. The Bertz CT molecular complexity index is 228. The molecule has 0 radical (unpaired) electrons. The van der Waals surface area contributed by atoms with Crippen molar-refractivity contribution in [1.82, 2.24) is 4.90 Å². The van der Waals surface area contributed by atoms with E-state index in [1.54, 1.807) is 4.90 Å². The Hall–Kier alpha value is -1.06. The van der Waals surface area contributed by atoms with Crippen molar-refractivity contribution in [1.29, 1.82) is 0 Å². The molecule has 4 nitrogen and oxygen atoms in total. The zero-order chi connectivity index (χ0) is 10.0. The highest BCUT2D eigenvalue weighted by atomic mass is 16.2. The summed E-state index contributed by atoms with van der Waals surface area (Å²) in [4.78, 5) is 23.8. The zero-order valence-electron chi connectivity index (χ0n) is 8.12. The Morgan fingerprint density at radius 3 is 2.46 bits per heavy atom. The van der Waals surface area contributed by atoms with Crippen molar-refractivity contribution in [2.24, 2.45) is 11.7 Å². The molecule has 1 aliphatic rings. The van der Waals surface area contributed by atoms with Crippen molar-refractivity contribution >= 4 is 11.8 Å². The molecule has 1 heterocycles. The number of hydrogen-bond acceptors (Lipinski definition) is 2. The van der Waals surface area contributed by atoms with Crippen LogP contribution in [-0.4, -0.2) is 29.3 Å². The molecule has 1 fully saturated rings. The van der Waals surface area contributed by atoms with Gasteiger partial charge in [0.1, 0.15) is 0 Å². The van der Waals surface area contributed by atoms with Gasteiger partial charge in [0.05, 0.1) is 5.92 Å². The second kappa shape index (κ2) is 3.77. The normalized spacial score (nSPS) is 28.6. The lowest BCUT2D eigenvalue weighted by molar-refractivity contribution is -0.135. The van der Waals surface area contributed by atoms with Crippen LogP contribution in [0.15, 0.2) is 0 Å². The fourth-order valence-corrected chi connectivity index (χ4v) is 1.78. The Morgan fingerprint density at radius 2 is 2.00 bits per heavy atom. The van der Waals surface area contributed by atoms with Gasteiger partial charge in [0, 0.05) is 19.5 Å². The van der Waals surface area contributed by atoms with Crippen LogP contribution in [0.25, 0.3) is 0 Å². The first kappa shape index (κ1) is 10.0. The fourth-order valence-electron chi connectivity index (χ4n) is 1.78. The Morgan fingerprint density at radius 1 is 1.38 bits per heavy atom. The van der Waals surface area contributed by atoms with Gasteiger partial charge in [-0.15, -0.1) is 0 Å². The van der Waals surface area contributed by atoms with Crippen LogP contribution < -0.4 is 5.73 Å². The van der Waals surface area contributed by atoms with Gasteiger partial charge in [0.25, 0.3) is 0 Å². The topological polar surface area (TPSA) is 63.4 Å².